The standard InChI is InChI=1S/C18H13BrN4OS/c1-11-16(17(24)22-20-10-12-5-3-2-4-6-12)25-18-21-14-8-7-13(19)9-15(14)23(11)18/h2-10H,1H3,(H,22,24)/b20-10+. The van der Waals surface area contributed by atoms with Crippen LogP contribution in [0.25, 0.3) is 16.0 Å². The van der Waals surface area contributed by atoms with E-state index >= 15 is 0 Å². The zero-order valence-corrected chi connectivity index (χ0v) is 15.6. The monoisotopic (exact) mass is 412 g/mol. The van der Waals surface area contributed by atoms with Crippen LogP contribution in [0.1, 0.15) is 20.9 Å². The highest BCUT2D eigenvalue weighted by atomic mass is 79.9. The maximum atomic E-state index is 12.5. The van der Waals surface area contributed by atoms with Crippen LogP contribution in [0.2, 0.25) is 0 Å². The molecule has 2 aromatic heterocycles. The molecule has 124 valence electrons. The molecule has 5 nitrogen and oxygen atoms in total. The third-order valence-electron chi connectivity index (χ3n) is 3.83. The number of nitrogens with zero attached hydrogens (tertiary/aromatic N) is 3. The Morgan fingerprint density at radius 3 is 2.88 bits per heavy atom. The number of hydrogen-bond acceptors (Lipinski definition) is 4. The molecule has 2 heterocycles. The lowest BCUT2D eigenvalue weighted by Gasteiger charge is -2.00. The number of benzene rings is 2. The molecule has 0 aliphatic heterocycles. The quantitative estimate of drug-likeness (QED) is 0.400. The van der Waals surface area contributed by atoms with Crippen molar-refractivity contribution in [2.24, 2.45) is 5.10 Å². The van der Waals surface area contributed by atoms with Crippen molar-refractivity contribution in [3.05, 3.63) is 69.1 Å². The Bertz CT molecular complexity index is 1110. The number of carbonyl (C=O) groups is 1. The molecule has 0 saturated heterocycles. The second-order valence-corrected chi connectivity index (χ2v) is 7.38. The fourth-order valence-corrected chi connectivity index (χ4v) is 4.03. The smallest absolute Gasteiger partial charge is 0.283 e. The second kappa shape index (κ2) is 6.42. The largest absolute Gasteiger partial charge is 0.287 e. The van der Waals surface area contributed by atoms with Crippen molar-refractivity contribution in [2.45, 2.75) is 6.92 Å². The van der Waals surface area contributed by atoms with E-state index in [-0.39, 0.29) is 5.91 Å². The lowest BCUT2D eigenvalue weighted by Crippen LogP contribution is -2.17. The van der Waals surface area contributed by atoms with Crippen LogP contribution >= 0.6 is 27.3 Å². The van der Waals surface area contributed by atoms with Gasteiger partial charge in [0.1, 0.15) is 4.88 Å². The summed E-state index contributed by atoms with van der Waals surface area (Å²) in [7, 11) is 0. The van der Waals surface area contributed by atoms with E-state index in [4.69, 9.17) is 0 Å². The van der Waals surface area contributed by atoms with E-state index < -0.39 is 0 Å². The summed E-state index contributed by atoms with van der Waals surface area (Å²) in [6.07, 6.45) is 1.62. The van der Waals surface area contributed by atoms with E-state index in [0.717, 1.165) is 31.7 Å². The molecule has 4 rings (SSSR count). The second-order valence-electron chi connectivity index (χ2n) is 5.49. The van der Waals surface area contributed by atoms with Crippen molar-refractivity contribution in [3.63, 3.8) is 0 Å². The Balaban J connectivity index is 1.65. The fraction of sp³-hybridized carbons (Fsp3) is 0.0556. The first-order chi connectivity index (χ1) is 12.1. The van der Waals surface area contributed by atoms with Crippen LogP contribution in [0.15, 0.2) is 58.1 Å². The van der Waals surface area contributed by atoms with Gasteiger partial charge in [-0.1, -0.05) is 57.6 Å². The number of halogens is 1. The van der Waals surface area contributed by atoms with E-state index in [9.17, 15) is 4.79 Å². The molecule has 0 aliphatic rings. The topological polar surface area (TPSA) is 58.8 Å². The Kier molecular flexibility index (Phi) is 4.10. The van der Waals surface area contributed by atoms with Crippen molar-refractivity contribution in [3.8, 4) is 0 Å². The van der Waals surface area contributed by atoms with Crippen LogP contribution in [-0.4, -0.2) is 21.5 Å². The van der Waals surface area contributed by atoms with Gasteiger partial charge >= 0.3 is 0 Å². The minimum Gasteiger partial charge on any atom is -0.287 e. The van der Waals surface area contributed by atoms with Gasteiger partial charge in [-0.3, -0.25) is 9.20 Å². The number of carbonyl (C=O) groups excluding carboxylic acids is 1. The van der Waals surface area contributed by atoms with Gasteiger partial charge in [-0.05, 0) is 30.7 Å². The van der Waals surface area contributed by atoms with E-state index in [1.165, 1.54) is 11.3 Å². The van der Waals surface area contributed by atoms with Gasteiger partial charge in [-0.25, -0.2) is 10.4 Å². The van der Waals surface area contributed by atoms with Crippen molar-refractivity contribution >= 4 is 55.4 Å². The van der Waals surface area contributed by atoms with Gasteiger partial charge in [0.25, 0.3) is 5.91 Å². The molecule has 2 aromatic carbocycles. The predicted molar refractivity (Wildman–Crippen MR) is 105 cm³/mol. The van der Waals surface area contributed by atoms with Crippen LogP contribution in [0.3, 0.4) is 0 Å². The lowest BCUT2D eigenvalue weighted by atomic mass is 10.2. The van der Waals surface area contributed by atoms with Crippen molar-refractivity contribution in [2.75, 3.05) is 0 Å². The molecule has 0 spiro atoms. The summed E-state index contributed by atoms with van der Waals surface area (Å²) in [5.41, 5.74) is 6.26. The molecule has 0 saturated carbocycles. The summed E-state index contributed by atoms with van der Waals surface area (Å²) in [5, 5.41) is 4.03. The average Bonchev–Trinajstić information content (AvgIpc) is 3.12. The first-order valence-corrected chi connectivity index (χ1v) is 9.20. The first-order valence-electron chi connectivity index (χ1n) is 7.59. The van der Waals surface area contributed by atoms with Gasteiger partial charge in [0.15, 0.2) is 4.96 Å². The molecular weight excluding hydrogens is 400 g/mol. The van der Waals surface area contributed by atoms with Crippen molar-refractivity contribution in [1.82, 2.24) is 14.8 Å². The summed E-state index contributed by atoms with van der Waals surface area (Å²) < 4.78 is 2.98. The lowest BCUT2D eigenvalue weighted by molar-refractivity contribution is 0.0958. The molecule has 0 bridgehead atoms. The van der Waals surface area contributed by atoms with E-state index in [1.54, 1.807) is 6.21 Å². The van der Waals surface area contributed by atoms with Gasteiger partial charge < -0.3 is 0 Å². The summed E-state index contributed by atoms with van der Waals surface area (Å²) in [5.74, 6) is -0.233. The minimum absolute atomic E-state index is 0.233. The van der Waals surface area contributed by atoms with Crippen LogP contribution in [0, 0.1) is 6.92 Å². The maximum absolute atomic E-state index is 12.5. The molecule has 7 heteroatoms. The number of fused-ring (bicyclic) bond motifs is 3. The molecule has 0 atom stereocenters. The maximum Gasteiger partial charge on any atom is 0.283 e. The van der Waals surface area contributed by atoms with Crippen molar-refractivity contribution in [1.29, 1.82) is 0 Å². The van der Waals surface area contributed by atoms with E-state index in [1.807, 2.05) is 59.9 Å². The third-order valence-corrected chi connectivity index (χ3v) is 5.46. The number of aromatic nitrogens is 2. The number of amides is 1. The summed E-state index contributed by atoms with van der Waals surface area (Å²) in [6, 6.07) is 15.5. The van der Waals surface area contributed by atoms with Crippen LogP contribution in [0.5, 0.6) is 0 Å². The van der Waals surface area contributed by atoms with Crippen LogP contribution < -0.4 is 5.43 Å². The molecule has 1 N–H and O–H groups in total. The molecule has 25 heavy (non-hydrogen) atoms. The number of aryl methyl sites for hydroxylation is 1. The number of thiazole rings is 1. The van der Waals surface area contributed by atoms with Crippen LogP contribution in [0.4, 0.5) is 0 Å². The number of imidazole rings is 1. The zero-order chi connectivity index (χ0) is 17.4. The summed E-state index contributed by atoms with van der Waals surface area (Å²) >= 11 is 4.84. The number of hydrazone groups is 1. The van der Waals surface area contributed by atoms with E-state index in [0.29, 0.717) is 4.88 Å². The first kappa shape index (κ1) is 16.0. The molecule has 0 aliphatic carbocycles. The molecule has 0 unspecified atom stereocenters. The number of rotatable bonds is 3. The summed E-state index contributed by atoms with van der Waals surface area (Å²) in [4.78, 5) is 18.5. The van der Waals surface area contributed by atoms with Gasteiger partial charge in [0, 0.05) is 10.2 Å². The highest BCUT2D eigenvalue weighted by Gasteiger charge is 2.18. The van der Waals surface area contributed by atoms with Gasteiger partial charge in [-0.2, -0.15) is 5.10 Å². The fourth-order valence-electron chi connectivity index (χ4n) is 2.65. The highest BCUT2D eigenvalue weighted by molar-refractivity contribution is 9.10. The SMILES string of the molecule is Cc1c(C(=O)N/N=C/c2ccccc2)sc2nc3ccc(Br)cc3n12. The number of hydrogen-bond donors (Lipinski definition) is 1. The molecule has 0 fully saturated rings. The Hall–Kier alpha value is -2.51. The molecule has 4 aromatic rings. The van der Waals surface area contributed by atoms with Gasteiger partial charge in [0.05, 0.1) is 17.2 Å². The summed E-state index contributed by atoms with van der Waals surface area (Å²) in [6.45, 7) is 1.92. The Labute approximate surface area is 156 Å². The third kappa shape index (κ3) is 2.96. The Morgan fingerprint density at radius 2 is 2.08 bits per heavy atom. The predicted octanol–water partition coefficient (Wildman–Crippen LogP) is 4.38. The van der Waals surface area contributed by atoms with E-state index in [2.05, 4.69) is 31.4 Å². The molecule has 0 radical (unpaired) electrons. The normalized spacial score (nSPS) is 11.6. The van der Waals surface area contributed by atoms with Gasteiger partial charge in [0.2, 0.25) is 0 Å². The van der Waals surface area contributed by atoms with Crippen molar-refractivity contribution < 1.29 is 4.79 Å². The highest BCUT2D eigenvalue weighted by Crippen LogP contribution is 2.29. The van der Waals surface area contributed by atoms with Gasteiger partial charge in [-0.15, -0.1) is 0 Å². The molecule has 1 amide bonds. The average molecular weight is 413 g/mol. The zero-order valence-electron chi connectivity index (χ0n) is 13.2. The molecular formula is C18H13BrN4OS. The van der Waals surface area contributed by atoms with Crippen LogP contribution in [-0.2, 0) is 0 Å². The Morgan fingerprint density at radius 1 is 1.28 bits per heavy atom. The minimum atomic E-state index is -0.233. The number of nitrogens with one attached hydrogen (secondary N) is 1.